The molecular weight excluding hydrogens is 374 g/mol. The van der Waals surface area contributed by atoms with Crippen LogP contribution in [0.15, 0.2) is 24.3 Å². The fraction of sp³-hybridized carbons (Fsp3) is 0.550. The van der Waals surface area contributed by atoms with Crippen molar-refractivity contribution in [3.63, 3.8) is 0 Å². The van der Waals surface area contributed by atoms with E-state index >= 15 is 0 Å². The first-order chi connectivity index (χ1) is 13.5. The van der Waals surface area contributed by atoms with Crippen molar-refractivity contribution < 1.29 is 9.59 Å². The lowest BCUT2D eigenvalue weighted by atomic mass is 9.92. The number of piperidine rings is 1. The molecule has 2 aliphatic heterocycles. The number of thioether (sulfide) groups is 1. The largest absolute Gasteiger partial charge is 0.378 e. The maximum absolute atomic E-state index is 12.5. The normalized spacial score (nSPS) is 25.0. The summed E-state index contributed by atoms with van der Waals surface area (Å²) in [6, 6.07) is 9.53. The number of carbonyl (C=O) groups is 2. The van der Waals surface area contributed by atoms with Crippen LogP contribution in [0.5, 0.6) is 0 Å². The maximum atomic E-state index is 12.5. The van der Waals surface area contributed by atoms with E-state index in [2.05, 4.69) is 16.7 Å². The van der Waals surface area contributed by atoms with Crippen LogP contribution in [0.2, 0.25) is 0 Å². The Bertz CT molecular complexity index is 740. The van der Waals surface area contributed by atoms with Crippen LogP contribution < -0.4 is 15.5 Å². The van der Waals surface area contributed by atoms with E-state index in [0.29, 0.717) is 5.75 Å². The van der Waals surface area contributed by atoms with E-state index in [9.17, 15) is 14.9 Å². The molecule has 7 nitrogen and oxygen atoms in total. The lowest BCUT2D eigenvalue weighted by molar-refractivity contribution is -0.129. The molecule has 2 fully saturated rings. The Hall–Kier alpha value is -2.24. The molecule has 0 aromatic heterocycles. The second kappa shape index (κ2) is 9.30. The Morgan fingerprint density at radius 3 is 2.54 bits per heavy atom. The number of likely N-dealkylation sites (tertiary alicyclic amines) is 1. The molecular formula is C20H27N5O2S. The molecule has 2 saturated heterocycles. The Labute approximate surface area is 170 Å². The average molecular weight is 402 g/mol. The lowest BCUT2D eigenvalue weighted by Crippen LogP contribution is -2.56. The molecule has 3 atom stereocenters. The van der Waals surface area contributed by atoms with Gasteiger partial charge in [0.1, 0.15) is 11.4 Å². The van der Waals surface area contributed by atoms with Gasteiger partial charge in [0.25, 0.3) is 0 Å². The predicted octanol–water partition coefficient (Wildman–Crippen LogP) is 1.68. The van der Waals surface area contributed by atoms with Gasteiger partial charge in [-0.15, -0.1) is 11.8 Å². The summed E-state index contributed by atoms with van der Waals surface area (Å²) in [6.45, 7) is 1.64. The molecule has 0 spiro atoms. The van der Waals surface area contributed by atoms with Gasteiger partial charge >= 0.3 is 0 Å². The Balaban J connectivity index is 1.65. The Morgan fingerprint density at radius 2 is 1.93 bits per heavy atom. The third-order valence-corrected chi connectivity index (χ3v) is 6.21. The highest BCUT2D eigenvalue weighted by Crippen LogP contribution is 2.29. The molecule has 1 aromatic carbocycles. The number of rotatable bonds is 5. The summed E-state index contributed by atoms with van der Waals surface area (Å²) in [4.78, 5) is 28.8. The van der Waals surface area contributed by atoms with Gasteiger partial charge < -0.3 is 15.1 Å². The monoisotopic (exact) mass is 401 g/mol. The van der Waals surface area contributed by atoms with E-state index in [1.807, 2.05) is 48.2 Å². The summed E-state index contributed by atoms with van der Waals surface area (Å²) >= 11 is 1.37. The third-order valence-electron chi connectivity index (χ3n) is 5.21. The highest BCUT2D eigenvalue weighted by Gasteiger charge is 2.37. The standard InChI is InChI=1S/C20H27N5O2S/c1-24(2)15-8-6-14(7-9-15)18-16(12-21)19(27)23-20(22-18)28-13-17(26)25-10-4-3-5-11-25/h6-9,16,18,20,22H,3-5,10-11,13H2,1-2H3,(H,23,27). The first kappa shape index (κ1) is 20.5. The number of nitrogens with one attached hydrogen (secondary N) is 2. The zero-order valence-corrected chi connectivity index (χ0v) is 17.2. The van der Waals surface area contributed by atoms with Gasteiger partial charge in [0.2, 0.25) is 11.8 Å². The average Bonchev–Trinajstić information content (AvgIpc) is 2.72. The first-order valence-corrected chi connectivity index (χ1v) is 10.7. The predicted molar refractivity (Wildman–Crippen MR) is 111 cm³/mol. The van der Waals surface area contributed by atoms with Crippen LogP contribution in [0, 0.1) is 17.2 Å². The quantitative estimate of drug-likeness (QED) is 0.781. The molecule has 3 rings (SSSR count). The van der Waals surface area contributed by atoms with Crippen LogP contribution in [0.3, 0.4) is 0 Å². The number of nitrogens with zero attached hydrogens (tertiary/aromatic N) is 3. The number of carbonyl (C=O) groups excluding carboxylic acids is 2. The van der Waals surface area contributed by atoms with E-state index in [-0.39, 0.29) is 11.8 Å². The van der Waals surface area contributed by atoms with Crippen molar-refractivity contribution in [2.75, 3.05) is 37.8 Å². The fourth-order valence-corrected chi connectivity index (χ4v) is 4.49. The highest BCUT2D eigenvalue weighted by molar-refractivity contribution is 8.00. The van der Waals surface area contributed by atoms with E-state index in [0.717, 1.165) is 37.2 Å². The van der Waals surface area contributed by atoms with E-state index in [4.69, 9.17) is 0 Å². The van der Waals surface area contributed by atoms with E-state index < -0.39 is 17.5 Å². The van der Waals surface area contributed by atoms with Gasteiger partial charge in [-0.3, -0.25) is 14.9 Å². The van der Waals surface area contributed by atoms with Crippen molar-refractivity contribution in [2.24, 2.45) is 5.92 Å². The van der Waals surface area contributed by atoms with Crippen molar-refractivity contribution >= 4 is 29.3 Å². The maximum Gasteiger partial charge on any atom is 0.241 e. The van der Waals surface area contributed by atoms with Gasteiger partial charge in [-0.25, -0.2) is 0 Å². The first-order valence-electron chi connectivity index (χ1n) is 9.62. The van der Waals surface area contributed by atoms with Crippen molar-refractivity contribution in [2.45, 2.75) is 30.8 Å². The van der Waals surface area contributed by atoms with Crippen LogP contribution in [-0.2, 0) is 9.59 Å². The number of benzene rings is 1. The molecule has 8 heteroatoms. The van der Waals surface area contributed by atoms with Crippen LogP contribution in [0.25, 0.3) is 0 Å². The Morgan fingerprint density at radius 1 is 1.25 bits per heavy atom. The molecule has 2 amide bonds. The minimum Gasteiger partial charge on any atom is -0.378 e. The number of hydrogen-bond donors (Lipinski definition) is 2. The summed E-state index contributed by atoms with van der Waals surface area (Å²) in [7, 11) is 3.93. The molecule has 1 aromatic rings. The van der Waals surface area contributed by atoms with Crippen LogP contribution in [-0.4, -0.2) is 55.1 Å². The molecule has 3 unspecified atom stereocenters. The molecule has 150 valence electrons. The minimum absolute atomic E-state index is 0.107. The van der Waals surface area contributed by atoms with E-state index in [1.54, 1.807) is 0 Å². The smallest absolute Gasteiger partial charge is 0.241 e. The highest BCUT2D eigenvalue weighted by atomic mass is 32.2. The third kappa shape index (κ3) is 4.78. The second-order valence-corrected chi connectivity index (χ2v) is 8.47. The molecule has 28 heavy (non-hydrogen) atoms. The minimum atomic E-state index is -0.806. The van der Waals surface area contributed by atoms with Crippen molar-refractivity contribution in [1.82, 2.24) is 15.5 Å². The van der Waals surface area contributed by atoms with Crippen molar-refractivity contribution in [3.8, 4) is 6.07 Å². The molecule has 2 heterocycles. The summed E-state index contributed by atoms with van der Waals surface area (Å²) in [6.07, 6.45) is 3.30. The molecule has 0 aliphatic carbocycles. The number of hydrogen-bond acceptors (Lipinski definition) is 6. The summed E-state index contributed by atoms with van der Waals surface area (Å²) in [5.41, 5.74) is 1.54. The summed E-state index contributed by atoms with van der Waals surface area (Å²) < 4.78 is 0. The fourth-order valence-electron chi connectivity index (χ4n) is 3.55. The van der Waals surface area contributed by atoms with E-state index in [1.165, 1.54) is 18.2 Å². The molecule has 0 bridgehead atoms. The number of amides is 2. The zero-order valence-electron chi connectivity index (χ0n) is 16.4. The number of nitriles is 1. The van der Waals surface area contributed by atoms with Gasteiger partial charge in [0, 0.05) is 32.9 Å². The van der Waals surface area contributed by atoms with Gasteiger partial charge in [-0.05, 0) is 37.0 Å². The van der Waals surface area contributed by atoms with Crippen molar-refractivity contribution in [3.05, 3.63) is 29.8 Å². The molecule has 0 radical (unpaired) electrons. The number of anilines is 1. The summed E-state index contributed by atoms with van der Waals surface area (Å²) in [5, 5.41) is 15.6. The molecule has 2 N–H and O–H groups in total. The van der Waals surface area contributed by atoms with Crippen LogP contribution in [0.4, 0.5) is 5.69 Å². The summed E-state index contributed by atoms with van der Waals surface area (Å²) in [5.74, 6) is -0.692. The van der Waals surface area contributed by atoms with Crippen molar-refractivity contribution in [1.29, 1.82) is 5.26 Å². The SMILES string of the molecule is CN(C)c1ccc(C2NC(SCC(=O)N3CCCCC3)NC(=O)C2C#N)cc1. The molecule has 2 aliphatic rings. The Kier molecular flexibility index (Phi) is 6.81. The molecule has 0 saturated carbocycles. The van der Waals surface area contributed by atoms with Gasteiger partial charge in [0.05, 0.1) is 17.9 Å². The van der Waals surface area contributed by atoms with Gasteiger partial charge in [0.15, 0.2) is 0 Å². The zero-order chi connectivity index (χ0) is 20.1. The topological polar surface area (TPSA) is 88.5 Å². The van der Waals surface area contributed by atoms with Crippen LogP contribution in [0.1, 0.15) is 30.9 Å². The lowest BCUT2D eigenvalue weighted by Gasteiger charge is -2.35. The van der Waals surface area contributed by atoms with Gasteiger partial charge in [-0.2, -0.15) is 5.26 Å². The van der Waals surface area contributed by atoms with Crippen LogP contribution >= 0.6 is 11.8 Å². The second-order valence-electron chi connectivity index (χ2n) is 7.38. The van der Waals surface area contributed by atoms with Gasteiger partial charge in [-0.1, -0.05) is 12.1 Å².